The molecule has 3 aliphatic heterocycles. The number of halogens is 4. The van der Waals surface area contributed by atoms with Crippen molar-refractivity contribution in [3.05, 3.63) is 119 Å². The molecular formula is C47H53Cl2F2N5O6S3. The van der Waals surface area contributed by atoms with Crippen molar-refractivity contribution in [2.75, 3.05) is 68.4 Å². The SMILES string of the molecule is O=C(NS(=O)(=O)c1ccc(NCCC(CSc2ccccc2)N2CC3CC2CO3)c(S(=O)(=O)C(F)(F)Cl)c1)c1ccc(N2CCN(CC3=C(c4ccc(Cl)cc4)CCCCC3)CC2)cc1. The van der Waals surface area contributed by atoms with E-state index in [2.05, 4.69) is 32.1 Å². The number of piperazine rings is 1. The van der Waals surface area contributed by atoms with Crippen LogP contribution in [0.5, 0.6) is 0 Å². The van der Waals surface area contributed by atoms with Gasteiger partial charge in [-0.15, -0.1) is 11.8 Å². The molecule has 3 heterocycles. The van der Waals surface area contributed by atoms with Crippen molar-refractivity contribution < 1.29 is 35.1 Å². The molecule has 3 saturated heterocycles. The second kappa shape index (κ2) is 20.6. The van der Waals surface area contributed by atoms with Crippen molar-refractivity contribution >= 4 is 77.7 Å². The third-order valence-corrected chi connectivity index (χ3v) is 17.7. The van der Waals surface area contributed by atoms with Gasteiger partial charge < -0.3 is 15.0 Å². The number of likely N-dealkylation sites (tertiary alicyclic amines) is 1. The number of nitrogens with one attached hydrogen (secondary N) is 2. The summed E-state index contributed by atoms with van der Waals surface area (Å²) in [5.74, 6) is -0.243. The largest absolute Gasteiger partial charge is 0.427 e. The molecule has 3 fully saturated rings. The highest BCUT2D eigenvalue weighted by Gasteiger charge is 2.46. The lowest BCUT2D eigenvalue weighted by Gasteiger charge is -2.37. The monoisotopic (exact) mass is 987 g/mol. The summed E-state index contributed by atoms with van der Waals surface area (Å²) in [6.45, 7) is 5.71. The van der Waals surface area contributed by atoms with Crippen LogP contribution in [0.3, 0.4) is 0 Å². The molecule has 3 atom stereocenters. The molecule has 0 aromatic heterocycles. The van der Waals surface area contributed by atoms with Crippen LogP contribution in [0.25, 0.3) is 5.57 Å². The van der Waals surface area contributed by atoms with E-state index in [0.717, 1.165) is 92.0 Å². The molecule has 0 radical (unpaired) electrons. The zero-order valence-corrected chi connectivity index (χ0v) is 39.8. The van der Waals surface area contributed by atoms with Gasteiger partial charge >= 0.3 is 4.71 Å². The summed E-state index contributed by atoms with van der Waals surface area (Å²) in [5.41, 5.74) is 4.84. The van der Waals surface area contributed by atoms with Crippen LogP contribution in [0.2, 0.25) is 5.02 Å². The third-order valence-electron chi connectivity index (χ3n) is 12.8. The molecule has 0 spiro atoms. The molecule has 4 aliphatic rings. The number of fused-ring (bicyclic) bond motifs is 2. The number of amides is 1. The molecule has 2 N–H and O–H groups in total. The molecule has 348 valence electrons. The van der Waals surface area contributed by atoms with Crippen LogP contribution >= 0.6 is 35.0 Å². The standard InChI is InChI=1S/C47H53Cl2F2N5O6S3/c48-36-15-11-33(12-16-36)43-10-6-1-3-7-35(43)29-54-23-25-55(26-24-54)37-17-13-34(14-18-37)46(57)53-65(60,61)42-19-20-44(45(28-42)64(58,59)47(49,50)51)52-22-21-38(32-63-41-8-4-2-5-9-41)56-30-40-27-39(56)31-62-40/h2,4-5,8-9,11-20,28,38-40,52H,1,3,6-7,10,21-27,29-32H2,(H,53,57). The lowest BCUT2D eigenvalue weighted by molar-refractivity contribution is 0.0147. The fourth-order valence-corrected chi connectivity index (χ4v) is 12.8. The van der Waals surface area contributed by atoms with E-state index in [1.165, 1.54) is 48.1 Å². The molecule has 18 heteroatoms. The van der Waals surface area contributed by atoms with E-state index in [-0.39, 0.29) is 36.0 Å². The predicted octanol–water partition coefficient (Wildman–Crippen LogP) is 9.00. The van der Waals surface area contributed by atoms with Gasteiger partial charge in [-0.2, -0.15) is 8.78 Å². The number of hydrogen-bond donors (Lipinski definition) is 2. The van der Waals surface area contributed by atoms with Crippen molar-refractivity contribution in [3.8, 4) is 0 Å². The van der Waals surface area contributed by atoms with Crippen LogP contribution in [0, 0.1) is 0 Å². The zero-order valence-electron chi connectivity index (χ0n) is 35.8. The van der Waals surface area contributed by atoms with Gasteiger partial charge in [-0.25, -0.2) is 21.6 Å². The van der Waals surface area contributed by atoms with Crippen molar-refractivity contribution in [1.29, 1.82) is 0 Å². The number of sulfone groups is 1. The van der Waals surface area contributed by atoms with Crippen LogP contribution in [-0.2, 0) is 24.6 Å². The first kappa shape index (κ1) is 47.7. The van der Waals surface area contributed by atoms with Gasteiger partial charge in [0, 0.05) is 84.8 Å². The Kier molecular flexibility index (Phi) is 15.2. The number of ether oxygens (including phenoxy) is 1. The number of anilines is 2. The summed E-state index contributed by atoms with van der Waals surface area (Å²) >= 11 is 13.0. The fraction of sp³-hybridized carbons (Fsp3) is 0.426. The maximum absolute atomic E-state index is 14.5. The van der Waals surface area contributed by atoms with Gasteiger partial charge in [-0.3, -0.25) is 14.6 Å². The van der Waals surface area contributed by atoms with Gasteiger partial charge in [0.25, 0.3) is 25.8 Å². The first-order valence-corrected chi connectivity index (χ1v) is 26.7. The minimum absolute atomic E-state index is 0.0437. The van der Waals surface area contributed by atoms with Gasteiger partial charge in [0.1, 0.15) is 0 Å². The molecule has 4 aromatic carbocycles. The van der Waals surface area contributed by atoms with Crippen molar-refractivity contribution in [3.63, 3.8) is 0 Å². The van der Waals surface area contributed by atoms with E-state index < -0.39 is 40.3 Å². The maximum atomic E-state index is 14.5. The number of carbonyl (C=O) groups is 1. The van der Waals surface area contributed by atoms with Gasteiger partial charge in [-0.05, 0) is 128 Å². The zero-order chi connectivity index (χ0) is 45.8. The number of nitrogens with zero attached hydrogens (tertiary/aromatic N) is 3. The first-order valence-electron chi connectivity index (χ1n) is 22.0. The Morgan fingerprint density at radius 1 is 0.892 bits per heavy atom. The molecule has 65 heavy (non-hydrogen) atoms. The van der Waals surface area contributed by atoms with Gasteiger partial charge in [0.05, 0.1) is 28.2 Å². The van der Waals surface area contributed by atoms with Crippen LogP contribution in [0.1, 0.15) is 60.9 Å². The number of sulfonamides is 1. The van der Waals surface area contributed by atoms with Crippen molar-refractivity contribution in [2.24, 2.45) is 0 Å². The molecule has 0 saturated carbocycles. The third kappa shape index (κ3) is 11.5. The molecule has 8 rings (SSSR count). The highest BCUT2D eigenvalue weighted by atomic mass is 35.5. The Bertz CT molecular complexity index is 2560. The summed E-state index contributed by atoms with van der Waals surface area (Å²) in [7, 11) is -10.3. The normalized spacial score (nSPS) is 20.5. The first-order chi connectivity index (χ1) is 31.1. The molecule has 1 aliphatic carbocycles. The van der Waals surface area contributed by atoms with E-state index in [9.17, 15) is 30.4 Å². The van der Waals surface area contributed by atoms with E-state index in [0.29, 0.717) is 19.1 Å². The average Bonchev–Trinajstić information content (AvgIpc) is 3.86. The number of benzene rings is 4. The van der Waals surface area contributed by atoms with Crippen molar-refractivity contribution in [1.82, 2.24) is 14.5 Å². The van der Waals surface area contributed by atoms with Gasteiger partial charge in [0.2, 0.25) is 0 Å². The molecule has 3 unspecified atom stereocenters. The summed E-state index contributed by atoms with van der Waals surface area (Å²) in [6.07, 6.45) is 7.31. The molecular weight excluding hydrogens is 936 g/mol. The summed E-state index contributed by atoms with van der Waals surface area (Å²) in [6, 6.07) is 27.7. The summed E-state index contributed by atoms with van der Waals surface area (Å²) < 4.78 is 85.5. The number of morpholine rings is 1. The fourth-order valence-electron chi connectivity index (χ4n) is 9.28. The minimum atomic E-state index is -5.59. The number of thioether (sulfide) groups is 1. The highest BCUT2D eigenvalue weighted by Crippen LogP contribution is 2.39. The summed E-state index contributed by atoms with van der Waals surface area (Å²) in [4.78, 5) is 19.8. The second-order valence-corrected chi connectivity index (χ2v) is 22.9. The predicted molar refractivity (Wildman–Crippen MR) is 255 cm³/mol. The van der Waals surface area contributed by atoms with E-state index in [4.69, 9.17) is 27.9 Å². The number of allylic oxidation sites excluding steroid dienone is 1. The Hall–Kier alpha value is -3.74. The number of hydrogen-bond acceptors (Lipinski definition) is 11. The van der Waals surface area contributed by atoms with Crippen LogP contribution in [0.15, 0.2) is 117 Å². The van der Waals surface area contributed by atoms with E-state index in [1.54, 1.807) is 23.9 Å². The molecule has 4 aromatic rings. The topological polar surface area (TPSA) is 128 Å². The van der Waals surface area contributed by atoms with Crippen LogP contribution < -0.4 is 14.9 Å². The second-order valence-electron chi connectivity index (χ2n) is 17.0. The minimum Gasteiger partial charge on any atom is -0.384 e. The van der Waals surface area contributed by atoms with Crippen molar-refractivity contribution in [2.45, 2.75) is 82.5 Å². The lowest BCUT2D eigenvalue weighted by atomic mass is 9.95. The maximum Gasteiger partial charge on any atom is 0.427 e. The number of carbonyl (C=O) groups excluding carboxylic acids is 1. The van der Waals surface area contributed by atoms with Crippen LogP contribution in [-0.4, -0.2) is 114 Å². The lowest BCUT2D eigenvalue weighted by Crippen LogP contribution is -2.47. The van der Waals surface area contributed by atoms with E-state index in [1.807, 2.05) is 47.2 Å². The summed E-state index contributed by atoms with van der Waals surface area (Å²) in [5, 5.41) is 3.69. The molecule has 11 nitrogen and oxygen atoms in total. The van der Waals surface area contributed by atoms with E-state index >= 15 is 0 Å². The average molecular weight is 989 g/mol. The highest BCUT2D eigenvalue weighted by molar-refractivity contribution is 7.99. The quantitative estimate of drug-likeness (QED) is 0.0778. The Balaban J connectivity index is 0.902. The Morgan fingerprint density at radius 2 is 1.62 bits per heavy atom. The van der Waals surface area contributed by atoms with Gasteiger partial charge in [0.15, 0.2) is 0 Å². The molecule has 2 bridgehead atoms. The Labute approximate surface area is 394 Å². The number of rotatable bonds is 17. The van der Waals surface area contributed by atoms with Gasteiger partial charge in [-0.1, -0.05) is 53.9 Å². The molecule has 1 amide bonds. The number of alkyl halides is 3. The van der Waals surface area contributed by atoms with Crippen LogP contribution in [0.4, 0.5) is 20.2 Å². The Morgan fingerprint density at radius 3 is 2.29 bits per heavy atom. The smallest absolute Gasteiger partial charge is 0.384 e.